The number of allylic oxidation sites excluding steroid dienone is 10. The van der Waals surface area contributed by atoms with Crippen molar-refractivity contribution in [3.8, 4) is 0 Å². The molecule has 0 spiro atoms. The lowest BCUT2D eigenvalue weighted by atomic mass is 10.2. The molecule has 0 saturated carbocycles. The molecule has 0 aliphatic heterocycles. The van der Waals surface area contributed by atoms with Gasteiger partial charge in [-0.05, 0) is 81.7 Å². The van der Waals surface area contributed by atoms with Gasteiger partial charge in [-0.2, -0.15) is 0 Å². The smallest absolute Gasteiger partial charge is 0.0904 e. The van der Waals surface area contributed by atoms with Gasteiger partial charge in [0.15, 0.2) is 14.7 Å². The molecule has 0 nitrogen and oxygen atoms in total. The number of benzene rings is 1. The zero-order chi connectivity index (χ0) is 20.9. The van der Waals surface area contributed by atoms with Crippen LogP contribution in [0.3, 0.4) is 0 Å². The summed E-state index contributed by atoms with van der Waals surface area (Å²) in [4.78, 5) is 6.45. The predicted octanol–water partition coefficient (Wildman–Crippen LogP) is 8.90. The van der Waals surface area contributed by atoms with E-state index in [9.17, 15) is 0 Å². The van der Waals surface area contributed by atoms with Gasteiger partial charge >= 0.3 is 0 Å². The van der Waals surface area contributed by atoms with Crippen molar-refractivity contribution < 1.29 is 0 Å². The summed E-state index contributed by atoms with van der Waals surface area (Å²) in [5.74, 6) is 0. The van der Waals surface area contributed by atoms with E-state index in [0.717, 1.165) is 30.6 Å². The Balaban J connectivity index is 2.26. The third-order valence-corrected chi connectivity index (χ3v) is 7.49. The molecule has 1 aromatic rings. The molecule has 0 saturated heterocycles. The highest BCUT2D eigenvalue weighted by molar-refractivity contribution is 8.04. The Morgan fingerprint density at radius 1 is 1.07 bits per heavy atom. The predicted molar refractivity (Wildman–Crippen MR) is 135 cm³/mol. The molecule has 29 heavy (non-hydrogen) atoms. The van der Waals surface area contributed by atoms with E-state index < -0.39 is 0 Å². The van der Waals surface area contributed by atoms with Gasteiger partial charge in [0.2, 0.25) is 0 Å². The Morgan fingerprint density at radius 3 is 2.48 bits per heavy atom. The molecule has 1 unspecified atom stereocenters. The first-order chi connectivity index (χ1) is 14.2. The van der Waals surface area contributed by atoms with Crippen molar-refractivity contribution in [2.24, 2.45) is 0 Å². The van der Waals surface area contributed by atoms with Gasteiger partial charge in [-0.15, -0.1) is 0 Å². The van der Waals surface area contributed by atoms with Gasteiger partial charge in [0, 0.05) is 9.80 Å². The second-order valence-electron chi connectivity index (χ2n) is 6.64. The lowest BCUT2D eigenvalue weighted by molar-refractivity contribution is 1.03. The van der Waals surface area contributed by atoms with Crippen LogP contribution in [0.5, 0.6) is 0 Å². The fourth-order valence-electron chi connectivity index (χ4n) is 2.88. The molecule has 2 heteroatoms. The van der Waals surface area contributed by atoms with E-state index in [4.69, 9.17) is 0 Å². The van der Waals surface area contributed by atoms with Crippen LogP contribution in [0.2, 0.25) is 0 Å². The first kappa shape index (κ1) is 23.4. The van der Waals surface area contributed by atoms with E-state index in [1.54, 1.807) is 0 Å². The van der Waals surface area contributed by atoms with E-state index in [-0.39, 0.29) is 10.9 Å². The summed E-state index contributed by atoms with van der Waals surface area (Å²) in [6.07, 6.45) is 26.4. The molecule has 0 fully saturated rings. The molecular formula is C27H33S2+. The lowest BCUT2D eigenvalue weighted by Gasteiger charge is -2.11. The minimum Gasteiger partial charge on any atom is -0.0904 e. The summed E-state index contributed by atoms with van der Waals surface area (Å²) < 4.78 is 0. The van der Waals surface area contributed by atoms with Crippen LogP contribution in [0.4, 0.5) is 0 Å². The molecule has 1 atom stereocenters. The van der Waals surface area contributed by atoms with Crippen LogP contribution in [0.1, 0.15) is 46.5 Å². The fraction of sp³-hybridized carbons (Fsp3) is 0.259. The van der Waals surface area contributed by atoms with Crippen molar-refractivity contribution in [1.82, 2.24) is 0 Å². The van der Waals surface area contributed by atoms with E-state index in [2.05, 4.69) is 99.4 Å². The minimum atomic E-state index is -0.130. The number of hydrogen-bond donors (Lipinski definition) is 0. The molecule has 1 aromatic carbocycles. The summed E-state index contributed by atoms with van der Waals surface area (Å²) in [7, 11) is -0.130. The normalized spacial score (nSPS) is 16.1. The summed E-state index contributed by atoms with van der Waals surface area (Å²) in [6, 6.07) is 9.05. The van der Waals surface area contributed by atoms with Crippen LogP contribution in [0.25, 0.3) is 0 Å². The van der Waals surface area contributed by atoms with Crippen molar-refractivity contribution in [3.05, 3.63) is 106 Å². The number of hydrogen-bond acceptors (Lipinski definition) is 1. The van der Waals surface area contributed by atoms with Crippen LogP contribution in [-0.2, 0) is 10.9 Å². The molecule has 0 bridgehead atoms. The quantitative estimate of drug-likeness (QED) is 0.206. The zero-order valence-electron chi connectivity index (χ0n) is 17.9. The molecule has 0 amide bonds. The Morgan fingerprint density at radius 2 is 1.86 bits per heavy atom. The summed E-state index contributed by atoms with van der Waals surface area (Å²) in [5.41, 5.74) is 0. The highest BCUT2D eigenvalue weighted by Gasteiger charge is 2.29. The second kappa shape index (κ2) is 13.3. The maximum atomic E-state index is 4.40. The van der Waals surface area contributed by atoms with Gasteiger partial charge < -0.3 is 0 Å². The van der Waals surface area contributed by atoms with Crippen LogP contribution >= 0.6 is 11.8 Å². The van der Waals surface area contributed by atoms with Crippen molar-refractivity contribution in [2.45, 2.75) is 56.2 Å². The van der Waals surface area contributed by atoms with E-state index in [1.807, 2.05) is 24.8 Å². The maximum Gasteiger partial charge on any atom is 0.166 e. The Kier molecular flexibility index (Phi) is 10.8. The fourth-order valence-corrected chi connectivity index (χ4v) is 5.86. The SMILES string of the molecule is C=C(/C=C\C=C/C)[S+](C1=CCCC=C1)c1ccc(SC(/C=C\CC)=C/CC)cc1. The lowest BCUT2D eigenvalue weighted by Crippen LogP contribution is -2.07. The monoisotopic (exact) mass is 421 g/mol. The van der Waals surface area contributed by atoms with Gasteiger partial charge in [-0.25, -0.2) is 0 Å². The maximum absolute atomic E-state index is 4.40. The van der Waals surface area contributed by atoms with Crippen molar-refractivity contribution in [2.75, 3.05) is 0 Å². The summed E-state index contributed by atoms with van der Waals surface area (Å²) in [6.45, 7) is 10.8. The summed E-state index contributed by atoms with van der Waals surface area (Å²) in [5, 5.41) is 0. The number of rotatable bonds is 10. The average Bonchev–Trinajstić information content (AvgIpc) is 2.74. The first-order valence-corrected chi connectivity index (χ1v) is 12.5. The standard InChI is InChI=1S/C27H33S2/c1-5-8-11-15-23(4)29(26-17-12-10-13-18-26)27-21-19-25(20-22-27)28-24(14-7-3)16-9-6-2/h5,8-9,11-12,14-22H,4,6-7,10,13H2,1-3H3/q+1/b8-5-,15-11-,16-9-,24-14+. The largest absolute Gasteiger partial charge is 0.166 e. The average molecular weight is 422 g/mol. The molecule has 0 aromatic heterocycles. The highest BCUT2D eigenvalue weighted by Crippen LogP contribution is 2.35. The minimum absolute atomic E-state index is 0.130. The first-order valence-electron chi connectivity index (χ1n) is 10.4. The summed E-state index contributed by atoms with van der Waals surface area (Å²) >= 11 is 1.84. The van der Waals surface area contributed by atoms with E-state index in [1.165, 1.54) is 19.6 Å². The second-order valence-corrected chi connectivity index (χ2v) is 9.87. The Hall–Kier alpha value is -1.90. The Bertz CT molecular complexity index is 830. The van der Waals surface area contributed by atoms with Crippen LogP contribution < -0.4 is 0 Å². The molecule has 1 aliphatic rings. The van der Waals surface area contributed by atoms with Gasteiger partial charge in [-0.1, -0.05) is 68.1 Å². The zero-order valence-corrected chi connectivity index (χ0v) is 19.6. The number of thioether (sulfide) groups is 1. The van der Waals surface area contributed by atoms with Gasteiger partial charge in [0.1, 0.15) is 0 Å². The van der Waals surface area contributed by atoms with Gasteiger partial charge in [-0.3, -0.25) is 0 Å². The van der Waals surface area contributed by atoms with E-state index in [0.29, 0.717) is 0 Å². The van der Waals surface area contributed by atoms with Crippen molar-refractivity contribution >= 4 is 22.7 Å². The van der Waals surface area contributed by atoms with E-state index >= 15 is 0 Å². The molecule has 0 heterocycles. The third kappa shape index (κ3) is 7.79. The topological polar surface area (TPSA) is 0 Å². The molecule has 1 aliphatic carbocycles. The van der Waals surface area contributed by atoms with Crippen molar-refractivity contribution in [3.63, 3.8) is 0 Å². The van der Waals surface area contributed by atoms with Crippen LogP contribution in [0.15, 0.2) is 116 Å². The van der Waals surface area contributed by atoms with Crippen LogP contribution in [0, 0.1) is 0 Å². The van der Waals surface area contributed by atoms with Crippen molar-refractivity contribution in [1.29, 1.82) is 0 Å². The van der Waals surface area contributed by atoms with Gasteiger partial charge in [0.25, 0.3) is 0 Å². The third-order valence-electron chi connectivity index (χ3n) is 4.26. The molecule has 0 N–H and O–H groups in total. The molecule has 0 radical (unpaired) electrons. The molecule has 152 valence electrons. The highest BCUT2D eigenvalue weighted by atomic mass is 32.2. The molecule has 2 rings (SSSR count). The van der Waals surface area contributed by atoms with Gasteiger partial charge in [0.05, 0.1) is 10.9 Å². The molecular weight excluding hydrogens is 388 g/mol. The Labute approximate surface area is 184 Å². The van der Waals surface area contributed by atoms with Crippen LogP contribution in [-0.4, -0.2) is 0 Å².